The summed E-state index contributed by atoms with van der Waals surface area (Å²) in [6.45, 7) is 5.50. The zero-order chi connectivity index (χ0) is 19.4. The van der Waals surface area contributed by atoms with Crippen molar-refractivity contribution < 1.29 is 4.39 Å². The first-order chi connectivity index (χ1) is 13.0. The highest BCUT2D eigenvalue weighted by Crippen LogP contribution is 2.19. The van der Waals surface area contributed by atoms with Crippen LogP contribution in [0.3, 0.4) is 0 Å². The lowest BCUT2D eigenvalue weighted by atomic mass is 10.1. The Kier molecular flexibility index (Phi) is 6.31. The molecule has 1 unspecified atom stereocenters. The van der Waals surface area contributed by atoms with Crippen LogP contribution < -0.4 is 10.6 Å². The van der Waals surface area contributed by atoms with Crippen LogP contribution in [0.25, 0.3) is 0 Å². The van der Waals surface area contributed by atoms with Crippen molar-refractivity contribution in [1.82, 2.24) is 25.4 Å². The minimum absolute atomic E-state index is 0.225. The minimum atomic E-state index is -0.279. The lowest BCUT2D eigenvalue weighted by Gasteiger charge is -2.25. The third-order valence-corrected chi connectivity index (χ3v) is 5.04. The highest BCUT2D eigenvalue weighted by Gasteiger charge is 2.23. The molecule has 1 aliphatic rings. The maximum Gasteiger partial charge on any atom is 0.191 e. The number of hydrogen-bond acceptors (Lipinski definition) is 3. The Morgan fingerprint density at radius 2 is 2.26 bits per heavy atom. The largest absolute Gasteiger partial charge is 0.356 e. The van der Waals surface area contributed by atoms with E-state index in [1.807, 2.05) is 4.68 Å². The van der Waals surface area contributed by atoms with Gasteiger partial charge >= 0.3 is 0 Å². The fraction of sp³-hybridized carbons (Fsp3) is 0.526. The van der Waals surface area contributed by atoms with Gasteiger partial charge in [0.05, 0.1) is 6.54 Å². The number of nitrogens with one attached hydrogen (secondary N) is 2. The van der Waals surface area contributed by atoms with Gasteiger partial charge in [-0.2, -0.15) is 5.10 Å². The van der Waals surface area contributed by atoms with Crippen molar-refractivity contribution in [2.24, 2.45) is 4.99 Å². The van der Waals surface area contributed by atoms with E-state index in [-0.39, 0.29) is 11.9 Å². The molecule has 2 N–H and O–H groups in total. The van der Waals surface area contributed by atoms with Crippen LogP contribution in [0, 0.1) is 5.82 Å². The first-order valence-electron chi connectivity index (χ1n) is 9.31. The summed E-state index contributed by atoms with van der Waals surface area (Å²) in [5, 5.41) is 11.7. The second-order valence-corrected chi connectivity index (χ2v) is 7.46. The molecule has 0 saturated carbocycles. The second kappa shape index (κ2) is 8.69. The molecule has 0 bridgehead atoms. The molecule has 3 rings (SSSR count). The second-order valence-electron chi connectivity index (χ2n) is 7.05. The Balaban J connectivity index is 1.53. The van der Waals surface area contributed by atoms with Gasteiger partial charge in [-0.1, -0.05) is 31.5 Å². The molecule has 1 aromatic heterocycles. The predicted molar refractivity (Wildman–Crippen MR) is 106 cm³/mol. The molecule has 8 heteroatoms. The normalized spacial score (nSPS) is 17.1. The Hall–Kier alpha value is -2.15. The smallest absolute Gasteiger partial charge is 0.191 e. The van der Waals surface area contributed by atoms with Crippen molar-refractivity contribution in [3.63, 3.8) is 0 Å². The lowest BCUT2D eigenvalue weighted by molar-refractivity contribution is 0.391. The third-order valence-electron chi connectivity index (χ3n) is 4.68. The van der Waals surface area contributed by atoms with Crippen LogP contribution in [0.15, 0.2) is 23.2 Å². The molecule has 2 heterocycles. The maximum absolute atomic E-state index is 13.9. The Bertz CT molecular complexity index is 796. The summed E-state index contributed by atoms with van der Waals surface area (Å²) < 4.78 is 15.8. The molecule has 1 aromatic carbocycles. The van der Waals surface area contributed by atoms with Gasteiger partial charge in [0, 0.05) is 42.6 Å². The van der Waals surface area contributed by atoms with Crippen molar-refractivity contribution in [2.75, 3.05) is 13.6 Å². The van der Waals surface area contributed by atoms with Crippen molar-refractivity contribution >= 4 is 17.6 Å². The van der Waals surface area contributed by atoms with E-state index in [9.17, 15) is 4.39 Å². The van der Waals surface area contributed by atoms with E-state index >= 15 is 0 Å². The van der Waals surface area contributed by atoms with Crippen molar-refractivity contribution in [1.29, 1.82) is 0 Å². The van der Waals surface area contributed by atoms with Crippen LogP contribution >= 0.6 is 11.6 Å². The molecule has 1 atom stereocenters. The zero-order valence-electron chi connectivity index (χ0n) is 16.0. The van der Waals surface area contributed by atoms with E-state index < -0.39 is 0 Å². The highest BCUT2D eigenvalue weighted by molar-refractivity contribution is 6.31. The van der Waals surface area contributed by atoms with Crippen LogP contribution in [-0.4, -0.2) is 40.4 Å². The molecule has 6 nitrogen and oxygen atoms in total. The number of aryl methyl sites for hydroxylation is 1. The Labute approximate surface area is 164 Å². The van der Waals surface area contributed by atoms with Gasteiger partial charge in [0.25, 0.3) is 0 Å². The maximum atomic E-state index is 13.9. The lowest BCUT2D eigenvalue weighted by Crippen LogP contribution is -2.47. The summed E-state index contributed by atoms with van der Waals surface area (Å²) in [4.78, 5) is 8.88. The van der Waals surface area contributed by atoms with Crippen LogP contribution in [-0.2, 0) is 19.4 Å². The fourth-order valence-electron chi connectivity index (χ4n) is 3.16. The average molecular weight is 393 g/mol. The summed E-state index contributed by atoms with van der Waals surface area (Å²) in [6.07, 6.45) is 2.34. The number of hydrogen-bond donors (Lipinski definition) is 2. The van der Waals surface area contributed by atoms with Gasteiger partial charge in [0.1, 0.15) is 11.6 Å². The number of fused-ring (bicyclic) bond motifs is 1. The van der Waals surface area contributed by atoms with Crippen LogP contribution in [0.5, 0.6) is 0 Å². The summed E-state index contributed by atoms with van der Waals surface area (Å²) in [5.41, 5.74) is 0.522. The van der Waals surface area contributed by atoms with E-state index in [1.54, 1.807) is 19.2 Å². The number of nitrogens with zero attached hydrogens (tertiary/aromatic N) is 4. The average Bonchev–Trinajstić information content (AvgIpc) is 3.07. The molecule has 0 amide bonds. The van der Waals surface area contributed by atoms with E-state index in [1.165, 1.54) is 6.07 Å². The van der Waals surface area contributed by atoms with E-state index in [4.69, 9.17) is 11.6 Å². The summed E-state index contributed by atoms with van der Waals surface area (Å²) >= 11 is 6.08. The van der Waals surface area contributed by atoms with Crippen molar-refractivity contribution in [3.8, 4) is 0 Å². The van der Waals surface area contributed by atoms with E-state index in [0.29, 0.717) is 35.4 Å². The van der Waals surface area contributed by atoms with E-state index in [0.717, 1.165) is 31.0 Å². The van der Waals surface area contributed by atoms with Gasteiger partial charge in [-0.3, -0.25) is 4.99 Å². The van der Waals surface area contributed by atoms with Gasteiger partial charge in [-0.25, -0.2) is 14.1 Å². The first-order valence-corrected chi connectivity index (χ1v) is 9.69. The number of benzene rings is 1. The molecule has 0 aliphatic carbocycles. The fourth-order valence-corrected chi connectivity index (χ4v) is 3.41. The number of aliphatic imine (C=N–C) groups is 1. The molecular formula is C19H26ClFN6. The molecule has 0 fully saturated rings. The van der Waals surface area contributed by atoms with Crippen molar-refractivity contribution in [3.05, 3.63) is 46.3 Å². The molecule has 2 aromatic rings. The molecule has 0 spiro atoms. The van der Waals surface area contributed by atoms with Crippen LogP contribution in [0.2, 0.25) is 5.02 Å². The number of guanidine groups is 1. The predicted octanol–water partition coefficient (Wildman–Crippen LogP) is 2.92. The van der Waals surface area contributed by atoms with E-state index in [2.05, 4.69) is 39.6 Å². The standard InChI is InChI=1S/C19H26ClFN6/c1-12(2)18-25-17-8-7-13(11-27(17)26-18)24-19(22-3)23-10-9-14-15(20)5-4-6-16(14)21/h4-6,12-13H,7-11H2,1-3H3,(H2,22,23,24). The molecule has 1 aliphatic heterocycles. The first kappa shape index (κ1) is 19.6. The molecule has 0 radical (unpaired) electrons. The summed E-state index contributed by atoms with van der Waals surface area (Å²) in [5.74, 6) is 2.69. The Morgan fingerprint density at radius 1 is 1.44 bits per heavy atom. The highest BCUT2D eigenvalue weighted by atomic mass is 35.5. The van der Waals surface area contributed by atoms with Crippen LogP contribution in [0.1, 0.15) is 43.4 Å². The summed E-state index contributed by atoms with van der Waals surface area (Å²) in [7, 11) is 1.73. The van der Waals surface area contributed by atoms with Gasteiger partial charge in [0.15, 0.2) is 11.8 Å². The quantitative estimate of drug-likeness (QED) is 0.606. The monoisotopic (exact) mass is 392 g/mol. The minimum Gasteiger partial charge on any atom is -0.356 e. The molecule has 146 valence electrons. The summed E-state index contributed by atoms with van der Waals surface area (Å²) in [6, 6.07) is 4.97. The SMILES string of the molecule is CN=C(NCCc1c(F)cccc1Cl)NC1CCc2nc(C(C)C)nn2C1. The van der Waals surface area contributed by atoms with Crippen molar-refractivity contribution in [2.45, 2.75) is 51.6 Å². The third kappa shape index (κ3) is 4.77. The van der Waals surface area contributed by atoms with Gasteiger partial charge in [0.2, 0.25) is 0 Å². The molecule has 27 heavy (non-hydrogen) atoms. The number of aromatic nitrogens is 3. The zero-order valence-corrected chi connectivity index (χ0v) is 16.7. The topological polar surface area (TPSA) is 67.1 Å². The van der Waals surface area contributed by atoms with Crippen LogP contribution in [0.4, 0.5) is 4.39 Å². The number of halogens is 2. The van der Waals surface area contributed by atoms with Gasteiger partial charge < -0.3 is 10.6 Å². The molecular weight excluding hydrogens is 367 g/mol. The van der Waals surface area contributed by atoms with Gasteiger partial charge in [-0.05, 0) is 25.0 Å². The number of rotatable bonds is 5. The van der Waals surface area contributed by atoms with Gasteiger partial charge in [-0.15, -0.1) is 0 Å². The Morgan fingerprint density at radius 3 is 2.96 bits per heavy atom. The molecule has 0 saturated heterocycles.